The molecule has 1 unspecified atom stereocenters. The highest BCUT2D eigenvalue weighted by molar-refractivity contribution is 5.95. The second-order valence-electron chi connectivity index (χ2n) is 7.12. The predicted molar refractivity (Wildman–Crippen MR) is 101 cm³/mol. The molecule has 4 amide bonds. The molecule has 7 nitrogen and oxygen atoms in total. The molecule has 0 saturated carbocycles. The molecule has 1 saturated heterocycles. The normalized spacial score (nSPS) is 15.4. The monoisotopic (exact) mass is 347 g/mol. The molecule has 1 fully saturated rings. The molecule has 1 atom stereocenters. The second kappa shape index (κ2) is 8.71. The third-order valence-electron chi connectivity index (χ3n) is 3.95. The van der Waals surface area contributed by atoms with Crippen molar-refractivity contribution < 1.29 is 9.59 Å². The quantitative estimate of drug-likeness (QED) is 0.708. The Morgan fingerprint density at radius 3 is 2.72 bits per heavy atom. The Bertz CT molecular complexity index is 593. The first-order chi connectivity index (χ1) is 11.8. The van der Waals surface area contributed by atoms with Crippen molar-refractivity contribution in [1.82, 2.24) is 15.5 Å². The van der Waals surface area contributed by atoms with Crippen LogP contribution in [0.4, 0.5) is 21.0 Å². The van der Waals surface area contributed by atoms with Crippen LogP contribution in [0.3, 0.4) is 0 Å². The highest BCUT2D eigenvalue weighted by Crippen LogP contribution is 2.21. The fourth-order valence-electron chi connectivity index (χ4n) is 3.01. The van der Waals surface area contributed by atoms with Crippen LogP contribution in [0, 0.1) is 5.92 Å². The van der Waals surface area contributed by atoms with Crippen molar-refractivity contribution in [2.24, 2.45) is 5.92 Å². The number of amides is 4. The number of carbonyl (C=O) groups excluding carboxylic acids is 2. The number of anilines is 2. The van der Waals surface area contributed by atoms with Crippen molar-refractivity contribution in [3.8, 4) is 0 Å². The van der Waals surface area contributed by atoms with Crippen LogP contribution in [0.25, 0.3) is 0 Å². The third-order valence-corrected chi connectivity index (χ3v) is 3.95. The fourth-order valence-corrected chi connectivity index (χ4v) is 3.01. The first-order valence-electron chi connectivity index (χ1n) is 8.73. The highest BCUT2D eigenvalue weighted by atomic mass is 16.2. The number of nitrogens with one attached hydrogen (secondary N) is 3. The van der Waals surface area contributed by atoms with Gasteiger partial charge in [0.05, 0.1) is 0 Å². The number of benzene rings is 1. The van der Waals surface area contributed by atoms with Crippen LogP contribution < -0.4 is 20.9 Å². The topological polar surface area (TPSA) is 76.7 Å². The zero-order valence-corrected chi connectivity index (χ0v) is 15.5. The van der Waals surface area contributed by atoms with E-state index in [9.17, 15) is 9.59 Å². The van der Waals surface area contributed by atoms with Crippen molar-refractivity contribution in [3.05, 3.63) is 24.3 Å². The average Bonchev–Trinajstić information content (AvgIpc) is 2.92. The molecule has 1 heterocycles. The number of urea groups is 2. The maximum Gasteiger partial charge on any atom is 0.321 e. The molecular formula is C18H29N5O2. The molecule has 0 radical (unpaired) electrons. The maximum absolute atomic E-state index is 12.3. The Balaban J connectivity index is 1.98. The first kappa shape index (κ1) is 19.1. The molecule has 2 rings (SSSR count). The van der Waals surface area contributed by atoms with E-state index in [2.05, 4.69) is 34.7 Å². The van der Waals surface area contributed by atoms with Crippen LogP contribution in [0.2, 0.25) is 0 Å². The molecule has 138 valence electrons. The highest BCUT2D eigenvalue weighted by Gasteiger charge is 2.21. The summed E-state index contributed by atoms with van der Waals surface area (Å²) in [5, 5.41) is 8.69. The number of rotatable bonds is 7. The minimum Gasteiger partial charge on any atom is -0.336 e. The van der Waals surface area contributed by atoms with Gasteiger partial charge in [-0.1, -0.05) is 19.9 Å². The molecule has 25 heavy (non-hydrogen) atoms. The standard InChI is InChI=1S/C18H29N5O2/c1-13(2)10-15(12-22(3)4)21-17(24)20-14-6-5-7-16(11-14)23-9-8-19-18(23)25/h5-7,11,13,15H,8-10,12H2,1-4H3,(H,19,25)(H2,20,21,24). The van der Waals surface area contributed by atoms with Crippen LogP contribution in [0.5, 0.6) is 0 Å². The van der Waals surface area contributed by atoms with Gasteiger partial charge in [0.1, 0.15) is 0 Å². The van der Waals surface area contributed by atoms with Crippen LogP contribution in [0.15, 0.2) is 24.3 Å². The number of likely N-dealkylation sites (N-methyl/N-ethyl adjacent to an activating group) is 1. The van der Waals surface area contributed by atoms with Gasteiger partial charge >= 0.3 is 12.1 Å². The zero-order valence-electron chi connectivity index (χ0n) is 15.5. The molecule has 7 heteroatoms. The Labute approximate surface area is 149 Å². The SMILES string of the molecule is CC(C)CC(CN(C)C)NC(=O)Nc1cccc(N2CCNC2=O)c1. The third kappa shape index (κ3) is 5.94. The van der Waals surface area contributed by atoms with E-state index >= 15 is 0 Å². The van der Waals surface area contributed by atoms with Gasteiger partial charge in [-0.15, -0.1) is 0 Å². The Kier molecular flexibility index (Phi) is 6.64. The van der Waals surface area contributed by atoms with E-state index < -0.39 is 0 Å². The molecular weight excluding hydrogens is 318 g/mol. The molecule has 0 aromatic heterocycles. The minimum atomic E-state index is -0.226. The fraction of sp³-hybridized carbons (Fsp3) is 0.556. The van der Waals surface area contributed by atoms with E-state index in [1.165, 1.54) is 0 Å². The van der Waals surface area contributed by atoms with Crippen LogP contribution in [-0.2, 0) is 0 Å². The molecule has 0 spiro atoms. The molecule has 1 aliphatic heterocycles. The van der Waals surface area contributed by atoms with Gasteiger partial charge in [-0.25, -0.2) is 9.59 Å². The summed E-state index contributed by atoms with van der Waals surface area (Å²) in [6, 6.07) is 7.08. The predicted octanol–water partition coefficient (Wildman–Crippen LogP) is 2.31. The summed E-state index contributed by atoms with van der Waals surface area (Å²) < 4.78 is 0. The Hall–Kier alpha value is -2.28. The summed E-state index contributed by atoms with van der Waals surface area (Å²) in [6.07, 6.45) is 0.916. The summed E-state index contributed by atoms with van der Waals surface area (Å²) >= 11 is 0. The molecule has 1 aromatic rings. The second-order valence-corrected chi connectivity index (χ2v) is 7.12. The van der Waals surface area contributed by atoms with Gasteiger partial charge in [-0.05, 0) is 44.6 Å². The lowest BCUT2D eigenvalue weighted by Gasteiger charge is -2.24. The van der Waals surface area contributed by atoms with Gasteiger partial charge in [0.15, 0.2) is 0 Å². The summed E-state index contributed by atoms with van der Waals surface area (Å²) in [6.45, 7) is 6.35. The molecule has 3 N–H and O–H groups in total. The molecule has 1 aromatic carbocycles. The van der Waals surface area contributed by atoms with Gasteiger partial charge in [-0.3, -0.25) is 4.90 Å². The van der Waals surface area contributed by atoms with E-state index in [4.69, 9.17) is 0 Å². The molecule has 0 bridgehead atoms. The number of nitrogens with zero attached hydrogens (tertiary/aromatic N) is 2. The van der Waals surface area contributed by atoms with E-state index in [1.54, 1.807) is 4.90 Å². The van der Waals surface area contributed by atoms with Gasteiger partial charge in [-0.2, -0.15) is 0 Å². The van der Waals surface area contributed by atoms with Crippen molar-refractivity contribution >= 4 is 23.4 Å². The zero-order chi connectivity index (χ0) is 18.4. The maximum atomic E-state index is 12.3. The lowest BCUT2D eigenvalue weighted by molar-refractivity contribution is 0.240. The van der Waals surface area contributed by atoms with E-state index in [0.717, 1.165) is 18.7 Å². The van der Waals surface area contributed by atoms with E-state index in [0.29, 0.717) is 24.7 Å². The number of carbonyl (C=O) groups is 2. The van der Waals surface area contributed by atoms with Gasteiger partial charge in [0.25, 0.3) is 0 Å². The molecule has 1 aliphatic rings. The number of hydrogen-bond acceptors (Lipinski definition) is 3. The van der Waals surface area contributed by atoms with E-state index in [1.807, 2.05) is 38.4 Å². The first-order valence-corrected chi connectivity index (χ1v) is 8.73. The van der Waals surface area contributed by atoms with Crippen molar-refractivity contribution in [2.45, 2.75) is 26.3 Å². The largest absolute Gasteiger partial charge is 0.336 e. The Morgan fingerprint density at radius 1 is 1.36 bits per heavy atom. The van der Waals surface area contributed by atoms with Crippen LogP contribution in [0.1, 0.15) is 20.3 Å². The lowest BCUT2D eigenvalue weighted by Crippen LogP contribution is -2.44. The van der Waals surface area contributed by atoms with Crippen LogP contribution >= 0.6 is 0 Å². The van der Waals surface area contributed by atoms with Gasteiger partial charge in [0.2, 0.25) is 0 Å². The van der Waals surface area contributed by atoms with E-state index in [-0.39, 0.29) is 18.1 Å². The number of hydrogen-bond donors (Lipinski definition) is 3. The van der Waals surface area contributed by atoms with Crippen molar-refractivity contribution in [3.63, 3.8) is 0 Å². The summed E-state index contributed by atoms with van der Waals surface area (Å²) in [5.41, 5.74) is 1.45. The smallest absolute Gasteiger partial charge is 0.321 e. The van der Waals surface area contributed by atoms with Crippen molar-refractivity contribution in [1.29, 1.82) is 0 Å². The Morgan fingerprint density at radius 2 is 2.12 bits per heavy atom. The van der Waals surface area contributed by atoms with Gasteiger partial charge < -0.3 is 20.9 Å². The van der Waals surface area contributed by atoms with Crippen LogP contribution in [-0.4, -0.2) is 56.7 Å². The van der Waals surface area contributed by atoms with Gasteiger partial charge in [0, 0.05) is 37.1 Å². The summed E-state index contributed by atoms with van der Waals surface area (Å²) in [7, 11) is 3.99. The summed E-state index contributed by atoms with van der Waals surface area (Å²) in [4.78, 5) is 27.9. The lowest BCUT2D eigenvalue weighted by atomic mass is 10.0. The summed E-state index contributed by atoms with van der Waals surface area (Å²) in [5.74, 6) is 0.502. The molecule has 0 aliphatic carbocycles. The minimum absolute atomic E-state index is 0.0857. The average molecular weight is 347 g/mol. The van der Waals surface area contributed by atoms with Crippen molar-refractivity contribution in [2.75, 3.05) is 43.9 Å².